The number of benzene rings is 1. The number of amides is 1. The molecule has 16 heavy (non-hydrogen) atoms. The van der Waals surface area contributed by atoms with Crippen LogP contribution in [-0.2, 0) is 9.59 Å². The number of carbonyl (C=O) groups is 2. The molecule has 1 aromatic rings. The van der Waals surface area contributed by atoms with E-state index in [0.717, 1.165) is 6.08 Å². The summed E-state index contributed by atoms with van der Waals surface area (Å²) in [7, 11) is 0. The van der Waals surface area contributed by atoms with Crippen molar-refractivity contribution < 1.29 is 44.3 Å². The van der Waals surface area contributed by atoms with Crippen molar-refractivity contribution in [3.8, 4) is 0 Å². The van der Waals surface area contributed by atoms with Crippen LogP contribution < -0.4 is 40.0 Å². The van der Waals surface area contributed by atoms with Crippen molar-refractivity contribution in [2.24, 2.45) is 0 Å². The van der Waals surface area contributed by atoms with Crippen LogP contribution >= 0.6 is 0 Å². The Hall–Kier alpha value is -1.10. The fourth-order valence-corrected chi connectivity index (χ4v) is 1.12. The molecule has 0 radical (unpaired) electrons. The van der Waals surface area contributed by atoms with Crippen LogP contribution in [0, 0.1) is 0 Å². The van der Waals surface area contributed by atoms with Gasteiger partial charge in [-0.15, -0.1) is 0 Å². The van der Waals surface area contributed by atoms with E-state index in [2.05, 4.69) is 5.32 Å². The quantitative estimate of drug-likeness (QED) is 0.440. The molecule has 1 N–H and O–H groups in total. The normalized spacial score (nSPS) is 10.2. The molecule has 0 fully saturated rings. The molecule has 0 saturated carbocycles. The number of hydrogen-bond acceptors (Lipinski definition) is 3. The Morgan fingerprint density at radius 3 is 2.25 bits per heavy atom. The van der Waals surface area contributed by atoms with Crippen molar-refractivity contribution >= 4 is 17.6 Å². The number of nitrogens with one attached hydrogen (secondary N) is 1. The van der Waals surface area contributed by atoms with Crippen molar-refractivity contribution in [3.63, 3.8) is 0 Å². The Morgan fingerprint density at radius 1 is 1.25 bits per heavy atom. The Labute approximate surface area is 116 Å². The second kappa shape index (κ2) is 7.22. The first-order valence-corrected chi connectivity index (χ1v) is 4.35. The van der Waals surface area contributed by atoms with Gasteiger partial charge in [0.25, 0.3) is 0 Å². The number of rotatable bonds is 3. The zero-order chi connectivity index (χ0) is 11.3. The summed E-state index contributed by atoms with van der Waals surface area (Å²) in [6.07, 6.45) is 0.858. The van der Waals surface area contributed by atoms with E-state index in [1.807, 2.05) is 0 Å². The Bertz CT molecular complexity index is 401. The molecular formula is C11H10NNaO3. The monoisotopic (exact) mass is 227 g/mol. The van der Waals surface area contributed by atoms with Gasteiger partial charge in [0, 0.05) is 12.6 Å². The summed E-state index contributed by atoms with van der Waals surface area (Å²) < 4.78 is 0. The second-order valence-electron chi connectivity index (χ2n) is 2.92. The van der Waals surface area contributed by atoms with Crippen LogP contribution in [0.3, 0.4) is 0 Å². The van der Waals surface area contributed by atoms with Crippen molar-refractivity contribution in [1.82, 2.24) is 5.32 Å². The maximum absolute atomic E-state index is 10.8. The molecule has 0 bridgehead atoms. The van der Waals surface area contributed by atoms with Crippen LogP contribution in [0.2, 0.25) is 0 Å². The predicted molar refractivity (Wildman–Crippen MR) is 53.2 cm³/mol. The summed E-state index contributed by atoms with van der Waals surface area (Å²) in [4.78, 5) is 21.3. The molecule has 5 heteroatoms. The van der Waals surface area contributed by atoms with Crippen LogP contribution in [0.4, 0.5) is 0 Å². The minimum Gasteiger partial charge on any atom is -0.545 e. The van der Waals surface area contributed by atoms with Crippen molar-refractivity contribution in [1.29, 1.82) is 0 Å². The van der Waals surface area contributed by atoms with E-state index in [4.69, 9.17) is 0 Å². The summed E-state index contributed by atoms with van der Waals surface area (Å²) in [6.45, 7) is 1.31. The van der Waals surface area contributed by atoms with Gasteiger partial charge in [0.05, 0.1) is 5.97 Å². The first kappa shape index (κ1) is 14.9. The van der Waals surface area contributed by atoms with Crippen LogP contribution in [0.15, 0.2) is 36.4 Å². The molecule has 0 atom stereocenters. The molecule has 0 unspecified atom stereocenters. The number of carbonyl (C=O) groups excluding carboxylic acids is 2. The number of carboxylic acid groups (broad SMARTS) is 1. The summed E-state index contributed by atoms with van der Waals surface area (Å²) in [5.41, 5.74) is 0.847. The molecule has 1 aromatic carbocycles. The molecule has 0 aliphatic carbocycles. The minimum absolute atomic E-state index is 0. The smallest absolute Gasteiger partial charge is 0.545 e. The third-order valence-corrected chi connectivity index (χ3v) is 1.66. The molecular weight excluding hydrogens is 217 g/mol. The molecule has 0 aliphatic rings. The van der Waals surface area contributed by atoms with Crippen molar-refractivity contribution in [2.45, 2.75) is 6.92 Å². The van der Waals surface area contributed by atoms with Crippen LogP contribution in [0.25, 0.3) is 5.70 Å². The fourth-order valence-electron chi connectivity index (χ4n) is 1.12. The van der Waals surface area contributed by atoms with Gasteiger partial charge < -0.3 is 15.2 Å². The maximum Gasteiger partial charge on any atom is 1.00 e. The van der Waals surface area contributed by atoms with Crippen molar-refractivity contribution in [2.75, 3.05) is 0 Å². The Balaban J connectivity index is 0.00000225. The van der Waals surface area contributed by atoms with E-state index < -0.39 is 5.97 Å². The Kier molecular flexibility index (Phi) is 6.72. The summed E-state index contributed by atoms with van der Waals surface area (Å²) in [5.74, 6) is -1.67. The van der Waals surface area contributed by atoms with E-state index in [1.54, 1.807) is 30.3 Å². The van der Waals surface area contributed by atoms with Gasteiger partial charge in [-0.05, 0) is 11.6 Å². The molecule has 4 nitrogen and oxygen atoms in total. The zero-order valence-corrected chi connectivity index (χ0v) is 11.2. The van der Waals surface area contributed by atoms with E-state index >= 15 is 0 Å². The molecule has 0 aromatic heterocycles. The largest absolute Gasteiger partial charge is 1.00 e. The molecule has 1 rings (SSSR count). The van der Waals surface area contributed by atoms with Crippen LogP contribution in [0.1, 0.15) is 12.5 Å². The van der Waals surface area contributed by atoms with Gasteiger partial charge >= 0.3 is 29.6 Å². The van der Waals surface area contributed by atoms with Gasteiger partial charge in [0.15, 0.2) is 0 Å². The predicted octanol–water partition coefficient (Wildman–Crippen LogP) is -3.08. The first-order valence-electron chi connectivity index (χ1n) is 4.35. The van der Waals surface area contributed by atoms with Gasteiger partial charge in [-0.3, -0.25) is 4.79 Å². The molecule has 0 spiro atoms. The third kappa shape index (κ3) is 5.11. The second-order valence-corrected chi connectivity index (χ2v) is 2.92. The topological polar surface area (TPSA) is 69.2 Å². The van der Waals surface area contributed by atoms with E-state index in [9.17, 15) is 14.7 Å². The first-order chi connectivity index (χ1) is 7.09. The van der Waals surface area contributed by atoms with Crippen molar-refractivity contribution in [3.05, 3.63) is 42.0 Å². The van der Waals surface area contributed by atoms with E-state index in [-0.39, 0.29) is 41.2 Å². The number of carboxylic acids is 1. The molecule has 0 aliphatic heterocycles. The standard InChI is InChI=1S/C11H11NO3.Na/c1-8(13)12-10(7-11(14)15)9-5-3-2-4-6-9;/h2-7H,1H3,(H,12,13)(H,14,15);/q;+1/p-1. The van der Waals surface area contributed by atoms with Gasteiger partial charge in [0.2, 0.25) is 5.91 Å². The van der Waals surface area contributed by atoms with E-state index in [0.29, 0.717) is 5.56 Å². The minimum atomic E-state index is -1.34. The van der Waals surface area contributed by atoms with Gasteiger partial charge in [-0.1, -0.05) is 30.3 Å². The zero-order valence-electron chi connectivity index (χ0n) is 9.19. The number of hydrogen-bond donors (Lipinski definition) is 1. The average Bonchev–Trinajstić information content (AvgIpc) is 2.17. The molecule has 0 saturated heterocycles. The average molecular weight is 227 g/mol. The third-order valence-electron chi connectivity index (χ3n) is 1.66. The summed E-state index contributed by atoms with van der Waals surface area (Å²) in [6, 6.07) is 8.70. The fraction of sp³-hybridized carbons (Fsp3) is 0.0909. The van der Waals surface area contributed by atoms with E-state index in [1.165, 1.54) is 6.92 Å². The summed E-state index contributed by atoms with van der Waals surface area (Å²) >= 11 is 0. The van der Waals surface area contributed by atoms with Gasteiger partial charge in [-0.2, -0.15) is 0 Å². The number of aliphatic carboxylic acids is 1. The van der Waals surface area contributed by atoms with Gasteiger partial charge in [-0.25, -0.2) is 0 Å². The Morgan fingerprint density at radius 2 is 1.81 bits per heavy atom. The van der Waals surface area contributed by atoms with Gasteiger partial charge in [0.1, 0.15) is 0 Å². The molecule has 78 valence electrons. The molecule has 0 heterocycles. The SMILES string of the molecule is CC(=O)NC(=CC(=O)[O-])c1ccccc1.[Na+]. The molecule has 1 amide bonds. The maximum atomic E-state index is 10.8. The van der Waals surface area contributed by atoms with Crippen LogP contribution in [0.5, 0.6) is 0 Å². The van der Waals surface area contributed by atoms with Crippen LogP contribution in [-0.4, -0.2) is 11.9 Å². The summed E-state index contributed by atoms with van der Waals surface area (Å²) in [5, 5.41) is 12.9.